The van der Waals surface area contributed by atoms with Crippen molar-refractivity contribution in [2.24, 2.45) is 0 Å². The van der Waals surface area contributed by atoms with Gasteiger partial charge in [0.05, 0.1) is 18.1 Å². The quantitative estimate of drug-likeness (QED) is 0.573. The number of nitrogens with zero attached hydrogens (tertiary/aromatic N) is 2. The van der Waals surface area contributed by atoms with Gasteiger partial charge in [0.25, 0.3) is 0 Å². The second-order valence-corrected chi connectivity index (χ2v) is 11.5. The van der Waals surface area contributed by atoms with Gasteiger partial charge in [-0.1, -0.05) is 42.8 Å². The van der Waals surface area contributed by atoms with Crippen LogP contribution in [-0.4, -0.2) is 62.4 Å². The second kappa shape index (κ2) is 12.1. The third kappa shape index (κ3) is 7.13. The number of likely N-dealkylation sites (tertiary alicyclic amines) is 1. The summed E-state index contributed by atoms with van der Waals surface area (Å²) in [6.07, 6.45) is 4.82. The Balaban J connectivity index is 1.20. The average molecular weight is 500 g/mol. The Labute approximate surface area is 209 Å². The Bertz CT molecular complexity index is 1060. The van der Waals surface area contributed by atoms with Crippen molar-refractivity contribution in [2.45, 2.75) is 63.1 Å². The molecular formula is C27H37N3O4S. The monoisotopic (exact) mass is 499 g/mol. The van der Waals surface area contributed by atoms with Gasteiger partial charge >= 0.3 is 0 Å². The molecule has 8 heteroatoms. The molecule has 2 aliphatic heterocycles. The smallest absolute Gasteiger partial charge is 0.243 e. The molecule has 2 aromatic rings. The molecule has 2 aromatic carbocycles. The standard InChI is InChI=1S/C27H37N3O4S/c1-22-4-2-3-15-29(22)21-25-7-5-24(6-8-25)20-28-27(31)14-11-23-9-12-26(13-10-23)35(32,33)30-16-18-34-19-17-30/h5-10,12-13,22H,2-4,11,14-21H2,1H3,(H,28,31). The first-order valence-electron chi connectivity index (χ1n) is 12.7. The number of sulfonamides is 1. The van der Waals surface area contributed by atoms with E-state index in [4.69, 9.17) is 4.74 Å². The lowest BCUT2D eigenvalue weighted by Crippen LogP contribution is -2.40. The van der Waals surface area contributed by atoms with E-state index in [1.165, 1.54) is 35.7 Å². The third-order valence-corrected chi connectivity index (χ3v) is 8.92. The van der Waals surface area contributed by atoms with Gasteiger partial charge in [0.15, 0.2) is 0 Å². The number of hydrogen-bond donors (Lipinski definition) is 1. The minimum Gasteiger partial charge on any atom is -0.379 e. The van der Waals surface area contributed by atoms with Gasteiger partial charge in [-0.25, -0.2) is 8.42 Å². The van der Waals surface area contributed by atoms with Crippen LogP contribution in [0.5, 0.6) is 0 Å². The minimum absolute atomic E-state index is 0.0127. The predicted octanol–water partition coefficient (Wildman–Crippen LogP) is 3.33. The lowest BCUT2D eigenvalue weighted by atomic mass is 10.0. The Morgan fingerprint density at radius 1 is 0.943 bits per heavy atom. The number of nitrogens with one attached hydrogen (secondary N) is 1. The van der Waals surface area contributed by atoms with Crippen molar-refractivity contribution in [3.05, 3.63) is 65.2 Å². The zero-order valence-electron chi connectivity index (χ0n) is 20.6. The van der Waals surface area contributed by atoms with Gasteiger partial charge in [-0.2, -0.15) is 4.31 Å². The Morgan fingerprint density at radius 2 is 1.60 bits per heavy atom. The fourth-order valence-corrected chi connectivity index (χ4v) is 6.11. The highest BCUT2D eigenvalue weighted by molar-refractivity contribution is 7.89. The summed E-state index contributed by atoms with van der Waals surface area (Å²) < 4.78 is 32.1. The van der Waals surface area contributed by atoms with Gasteiger partial charge in [0, 0.05) is 38.6 Å². The highest BCUT2D eigenvalue weighted by Crippen LogP contribution is 2.20. The molecule has 2 saturated heterocycles. The van der Waals surface area contributed by atoms with Gasteiger partial charge in [-0.3, -0.25) is 9.69 Å². The zero-order valence-corrected chi connectivity index (χ0v) is 21.4. The first kappa shape index (κ1) is 25.8. The van der Waals surface area contributed by atoms with Crippen molar-refractivity contribution >= 4 is 15.9 Å². The van der Waals surface area contributed by atoms with E-state index in [9.17, 15) is 13.2 Å². The van der Waals surface area contributed by atoms with Gasteiger partial charge < -0.3 is 10.1 Å². The van der Waals surface area contributed by atoms with Crippen molar-refractivity contribution in [3.63, 3.8) is 0 Å². The van der Waals surface area contributed by atoms with E-state index < -0.39 is 10.0 Å². The summed E-state index contributed by atoms with van der Waals surface area (Å²) in [6.45, 7) is 6.59. The summed E-state index contributed by atoms with van der Waals surface area (Å²) in [4.78, 5) is 15.2. The molecule has 0 spiro atoms. The van der Waals surface area contributed by atoms with E-state index in [2.05, 4.69) is 41.4 Å². The summed E-state index contributed by atoms with van der Waals surface area (Å²) in [5.41, 5.74) is 3.34. The maximum Gasteiger partial charge on any atom is 0.243 e. The molecule has 2 heterocycles. The lowest BCUT2D eigenvalue weighted by molar-refractivity contribution is -0.121. The van der Waals surface area contributed by atoms with E-state index in [1.54, 1.807) is 24.3 Å². The largest absolute Gasteiger partial charge is 0.379 e. The van der Waals surface area contributed by atoms with Crippen LogP contribution in [-0.2, 0) is 39.1 Å². The normalized spacial score (nSPS) is 20.0. The van der Waals surface area contributed by atoms with E-state index in [0.29, 0.717) is 51.7 Å². The first-order chi connectivity index (χ1) is 16.9. The number of rotatable bonds is 9. The molecule has 2 fully saturated rings. The summed E-state index contributed by atoms with van der Waals surface area (Å²) in [6, 6.07) is 16.0. The Hall–Kier alpha value is -2.26. The average Bonchev–Trinajstić information content (AvgIpc) is 2.89. The van der Waals surface area contributed by atoms with Crippen molar-refractivity contribution in [1.82, 2.24) is 14.5 Å². The van der Waals surface area contributed by atoms with Crippen LogP contribution in [0, 0.1) is 0 Å². The fourth-order valence-electron chi connectivity index (χ4n) is 4.70. The molecule has 0 radical (unpaired) electrons. The molecule has 1 amide bonds. The van der Waals surface area contributed by atoms with Crippen molar-refractivity contribution in [2.75, 3.05) is 32.8 Å². The second-order valence-electron chi connectivity index (χ2n) is 9.57. The Kier molecular flexibility index (Phi) is 8.94. The molecule has 1 unspecified atom stereocenters. The van der Waals surface area contributed by atoms with Crippen molar-refractivity contribution in [1.29, 1.82) is 0 Å². The number of aryl methyl sites for hydroxylation is 1. The van der Waals surface area contributed by atoms with Crippen LogP contribution in [0.15, 0.2) is 53.4 Å². The molecule has 1 atom stereocenters. The SMILES string of the molecule is CC1CCCCN1Cc1ccc(CNC(=O)CCc2ccc(S(=O)(=O)N3CCOCC3)cc2)cc1. The van der Waals surface area contributed by atoms with Gasteiger partial charge in [-0.15, -0.1) is 0 Å². The third-order valence-electron chi connectivity index (χ3n) is 7.01. The first-order valence-corrected chi connectivity index (χ1v) is 14.1. The number of ether oxygens (including phenoxy) is 1. The van der Waals surface area contributed by atoms with Crippen molar-refractivity contribution in [3.8, 4) is 0 Å². The van der Waals surface area contributed by atoms with Gasteiger partial charge in [-0.05, 0) is 61.6 Å². The molecule has 0 bridgehead atoms. The predicted molar refractivity (Wildman–Crippen MR) is 136 cm³/mol. The number of carbonyl (C=O) groups excluding carboxylic acids is 1. The number of benzene rings is 2. The van der Waals surface area contributed by atoms with Crippen LogP contribution in [0.25, 0.3) is 0 Å². The van der Waals surface area contributed by atoms with Crippen LogP contribution < -0.4 is 5.32 Å². The highest BCUT2D eigenvalue weighted by atomic mass is 32.2. The van der Waals surface area contributed by atoms with Crippen LogP contribution in [0.2, 0.25) is 0 Å². The molecule has 4 rings (SSSR count). The molecule has 7 nitrogen and oxygen atoms in total. The van der Waals surface area contributed by atoms with E-state index in [0.717, 1.165) is 17.7 Å². The van der Waals surface area contributed by atoms with Crippen LogP contribution in [0.3, 0.4) is 0 Å². The van der Waals surface area contributed by atoms with Crippen LogP contribution >= 0.6 is 0 Å². The van der Waals surface area contributed by atoms with Crippen molar-refractivity contribution < 1.29 is 17.9 Å². The molecule has 2 aliphatic rings. The summed E-state index contributed by atoms with van der Waals surface area (Å²) in [7, 11) is -3.49. The van der Waals surface area contributed by atoms with E-state index in [1.807, 2.05) is 0 Å². The molecule has 0 aliphatic carbocycles. The van der Waals surface area contributed by atoms with E-state index >= 15 is 0 Å². The number of hydrogen-bond acceptors (Lipinski definition) is 5. The highest BCUT2D eigenvalue weighted by Gasteiger charge is 2.26. The van der Waals surface area contributed by atoms with E-state index in [-0.39, 0.29) is 10.8 Å². The number of amides is 1. The fraction of sp³-hybridized carbons (Fsp3) is 0.519. The maximum absolute atomic E-state index is 12.7. The lowest BCUT2D eigenvalue weighted by Gasteiger charge is -2.33. The minimum atomic E-state index is -3.49. The molecule has 1 N–H and O–H groups in total. The molecule has 35 heavy (non-hydrogen) atoms. The maximum atomic E-state index is 12.7. The van der Waals surface area contributed by atoms with Crippen LogP contribution in [0.1, 0.15) is 49.3 Å². The zero-order chi connectivity index (χ0) is 24.7. The number of piperidine rings is 1. The molecule has 190 valence electrons. The van der Waals surface area contributed by atoms with Gasteiger partial charge in [0.1, 0.15) is 0 Å². The van der Waals surface area contributed by atoms with Gasteiger partial charge in [0.2, 0.25) is 15.9 Å². The molecule has 0 aromatic heterocycles. The summed E-state index contributed by atoms with van der Waals surface area (Å²) in [5.74, 6) is -0.0127. The Morgan fingerprint density at radius 3 is 2.29 bits per heavy atom. The number of morpholine rings is 1. The topological polar surface area (TPSA) is 79.0 Å². The summed E-state index contributed by atoms with van der Waals surface area (Å²) in [5, 5.41) is 2.99. The van der Waals surface area contributed by atoms with Crippen LogP contribution in [0.4, 0.5) is 0 Å². The number of carbonyl (C=O) groups is 1. The molecular weight excluding hydrogens is 462 g/mol. The summed E-state index contributed by atoms with van der Waals surface area (Å²) >= 11 is 0. The molecule has 0 saturated carbocycles.